The Morgan fingerprint density at radius 3 is 2.46 bits per heavy atom. The molecular formula is C16H14F3N3O2. The number of para-hydroxylation sites is 1. The largest absolute Gasteiger partial charge is 0.438 e. The molecular weight excluding hydrogens is 323 g/mol. The monoisotopic (exact) mass is 337 g/mol. The fourth-order valence-electron chi connectivity index (χ4n) is 2.64. The van der Waals surface area contributed by atoms with Crippen molar-refractivity contribution in [2.24, 2.45) is 5.10 Å². The molecule has 0 radical (unpaired) electrons. The van der Waals surface area contributed by atoms with Gasteiger partial charge in [0.2, 0.25) is 0 Å². The van der Waals surface area contributed by atoms with E-state index in [1.54, 1.807) is 47.3 Å². The zero-order chi connectivity index (χ0) is 17.5. The van der Waals surface area contributed by atoms with Gasteiger partial charge in [0, 0.05) is 24.5 Å². The number of nitrogens with zero attached hydrogens (tertiary/aromatic N) is 3. The van der Waals surface area contributed by atoms with Crippen molar-refractivity contribution in [2.75, 3.05) is 0 Å². The van der Waals surface area contributed by atoms with Crippen LogP contribution < -0.4 is 0 Å². The highest BCUT2D eigenvalue weighted by Gasteiger charge is 2.62. The van der Waals surface area contributed by atoms with E-state index in [1.165, 1.54) is 13.0 Å². The summed E-state index contributed by atoms with van der Waals surface area (Å²) in [5, 5.41) is 13.8. The van der Waals surface area contributed by atoms with E-state index >= 15 is 0 Å². The van der Waals surface area contributed by atoms with Gasteiger partial charge in [-0.2, -0.15) is 23.3 Å². The number of alkyl halides is 3. The molecule has 1 amide bonds. The highest BCUT2D eigenvalue weighted by Crippen LogP contribution is 2.41. The molecule has 3 rings (SSSR count). The highest BCUT2D eigenvalue weighted by atomic mass is 19.4. The topological polar surface area (TPSA) is 57.8 Å². The van der Waals surface area contributed by atoms with Crippen LogP contribution in [0.4, 0.5) is 13.2 Å². The van der Waals surface area contributed by atoms with Crippen molar-refractivity contribution in [3.8, 4) is 5.69 Å². The lowest BCUT2D eigenvalue weighted by molar-refractivity contribution is -0.297. The van der Waals surface area contributed by atoms with E-state index in [1.807, 2.05) is 0 Å². The lowest BCUT2D eigenvalue weighted by Crippen LogP contribution is -2.56. The third-order valence-electron chi connectivity index (χ3n) is 3.79. The SMILES string of the molecule is CC1=NN(C(=O)c2ccccc2-n2cccc2)[C@@](O)(C(F)(F)F)C1. The normalized spacial score (nSPS) is 21.0. The minimum absolute atomic E-state index is 0.00910. The second-order valence-electron chi connectivity index (χ2n) is 5.55. The van der Waals surface area contributed by atoms with Gasteiger partial charge in [0.25, 0.3) is 11.6 Å². The maximum absolute atomic E-state index is 13.3. The number of amides is 1. The Bertz CT molecular complexity index is 799. The van der Waals surface area contributed by atoms with E-state index in [2.05, 4.69) is 5.10 Å². The number of aromatic nitrogens is 1. The third-order valence-corrected chi connectivity index (χ3v) is 3.79. The number of hydrogen-bond donors (Lipinski definition) is 1. The number of carbonyl (C=O) groups excluding carboxylic acids is 1. The van der Waals surface area contributed by atoms with E-state index < -0.39 is 24.2 Å². The van der Waals surface area contributed by atoms with Crippen LogP contribution in [-0.2, 0) is 0 Å². The Kier molecular flexibility index (Phi) is 3.71. The smallest absolute Gasteiger partial charge is 0.362 e. The molecule has 1 aliphatic heterocycles. The van der Waals surface area contributed by atoms with Gasteiger partial charge in [0.1, 0.15) is 0 Å². The Morgan fingerprint density at radius 1 is 1.21 bits per heavy atom. The molecule has 0 fully saturated rings. The Balaban J connectivity index is 2.07. The molecule has 0 bridgehead atoms. The van der Waals surface area contributed by atoms with E-state index in [0.717, 1.165) is 0 Å². The van der Waals surface area contributed by atoms with Crippen molar-refractivity contribution in [3.63, 3.8) is 0 Å². The van der Waals surface area contributed by atoms with Crippen LogP contribution in [0.1, 0.15) is 23.7 Å². The molecule has 1 aromatic carbocycles. The quantitative estimate of drug-likeness (QED) is 0.916. The van der Waals surface area contributed by atoms with E-state index in [4.69, 9.17) is 0 Å². The van der Waals surface area contributed by atoms with Gasteiger partial charge in [-0.1, -0.05) is 12.1 Å². The molecule has 5 nitrogen and oxygen atoms in total. The minimum Gasteiger partial charge on any atom is -0.362 e. The molecule has 2 heterocycles. The standard InChI is InChI=1S/C16H14F3N3O2/c1-11-10-15(24,16(17,18)19)22(20-11)14(23)12-6-2-3-7-13(12)21-8-4-5-9-21/h2-9,24H,10H2,1H3/t15-/m0/s1. The van der Waals surface area contributed by atoms with Crippen molar-refractivity contribution in [3.05, 3.63) is 54.4 Å². The van der Waals surface area contributed by atoms with Crippen molar-refractivity contribution in [1.29, 1.82) is 0 Å². The number of hydrogen-bond acceptors (Lipinski definition) is 3. The lowest BCUT2D eigenvalue weighted by Gasteiger charge is -2.33. The molecule has 8 heteroatoms. The highest BCUT2D eigenvalue weighted by molar-refractivity contribution is 6.00. The maximum atomic E-state index is 13.3. The summed E-state index contributed by atoms with van der Waals surface area (Å²) in [5.74, 6) is -1.02. The predicted molar refractivity (Wildman–Crippen MR) is 80.7 cm³/mol. The van der Waals surface area contributed by atoms with E-state index in [9.17, 15) is 23.1 Å². The van der Waals surface area contributed by atoms with Gasteiger partial charge in [-0.3, -0.25) is 4.79 Å². The van der Waals surface area contributed by atoms with Crippen LogP contribution in [0.3, 0.4) is 0 Å². The number of carbonyl (C=O) groups is 1. The van der Waals surface area contributed by atoms with Crippen LogP contribution in [0.25, 0.3) is 5.69 Å². The average Bonchev–Trinajstić information content (AvgIpc) is 3.14. The maximum Gasteiger partial charge on any atom is 0.438 e. The molecule has 0 saturated carbocycles. The first-order valence-corrected chi connectivity index (χ1v) is 7.14. The second-order valence-corrected chi connectivity index (χ2v) is 5.55. The molecule has 0 aliphatic carbocycles. The molecule has 1 N–H and O–H groups in total. The molecule has 0 saturated heterocycles. The fourth-order valence-corrected chi connectivity index (χ4v) is 2.64. The van der Waals surface area contributed by atoms with E-state index in [0.29, 0.717) is 5.69 Å². The Morgan fingerprint density at radius 2 is 1.83 bits per heavy atom. The summed E-state index contributed by atoms with van der Waals surface area (Å²) in [6.45, 7) is 1.34. The van der Waals surface area contributed by atoms with Gasteiger partial charge < -0.3 is 9.67 Å². The van der Waals surface area contributed by atoms with Gasteiger partial charge in [0.15, 0.2) is 0 Å². The Hall–Kier alpha value is -2.61. The number of halogens is 3. The fraction of sp³-hybridized carbons (Fsp3) is 0.250. The zero-order valence-corrected chi connectivity index (χ0v) is 12.7. The molecule has 0 spiro atoms. The summed E-state index contributed by atoms with van der Waals surface area (Å²) >= 11 is 0. The zero-order valence-electron chi connectivity index (χ0n) is 12.7. The van der Waals surface area contributed by atoms with E-state index in [-0.39, 0.29) is 16.3 Å². The van der Waals surface area contributed by atoms with Crippen LogP contribution in [0, 0.1) is 0 Å². The number of rotatable bonds is 2. The predicted octanol–water partition coefficient (Wildman–Crippen LogP) is 2.95. The number of hydrazone groups is 1. The first kappa shape index (κ1) is 16.3. The summed E-state index contributed by atoms with van der Waals surface area (Å²) in [5.41, 5.74) is -2.90. The number of benzene rings is 1. The van der Waals surface area contributed by atoms with Gasteiger partial charge in [-0.15, -0.1) is 0 Å². The van der Waals surface area contributed by atoms with Gasteiger partial charge in [0.05, 0.1) is 11.3 Å². The van der Waals surface area contributed by atoms with Crippen molar-refractivity contribution in [1.82, 2.24) is 9.58 Å². The summed E-state index contributed by atoms with van der Waals surface area (Å²) in [6.07, 6.45) is -2.46. The molecule has 1 aliphatic rings. The molecule has 126 valence electrons. The summed E-state index contributed by atoms with van der Waals surface area (Å²) in [6, 6.07) is 9.67. The second kappa shape index (κ2) is 5.48. The third kappa shape index (κ3) is 2.48. The summed E-state index contributed by atoms with van der Waals surface area (Å²) in [4.78, 5) is 12.7. The first-order valence-electron chi connectivity index (χ1n) is 7.14. The van der Waals surface area contributed by atoms with Crippen molar-refractivity contribution in [2.45, 2.75) is 25.2 Å². The molecule has 1 atom stereocenters. The summed E-state index contributed by atoms with van der Waals surface area (Å²) < 4.78 is 41.5. The van der Waals surface area contributed by atoms with Crippen LogP contribution in [0.5, 0.6) is 0 Å². The van der Waals surface area contributed by atoms with Crippen LogP contribution >= 0.6 is 0 Å². The van der Waals surface area contributed by atoms with Gasteiger partial charge in [-0.25, -0.2) is 0 Å². The van der Waals surface area contributed by atoms with Crippen LogP contribution in [0.2, 0.25) is 0 Å². The average molecular weight is 337 g/mol. The van der Waals surface area contributed by atoms with Crippen molar-refractivity contribution < 1.29 is 23.1 Å². The molecule has 24 heavy (non-hydrogen) atoms. The lowest BCUT2D eigenvalue weighted by atomic mass is 10.1. The minimum atomic E-state index is -5.02. The van der Waals surface area contributed by atoms with Crippen LogP contribution in [0.15, 0.2) is 53.9 Å². The Labute approximate surface area is 135 Å². The van der Waals surface area contributed by atoms with Crippen LogP contribution in [-0.4, -0.2) is 38.2 Å². The number of aliphatic hydroxyl groups is 1. The molecule has 1 aromatic heterocycles. The van der Waals surface area contributed by atoms with Crippen molar-refractivity contribution >= 4 is 11.6 Å². The molecule has 0 unspecified atom stereocenters. The first-order chi connectivity index (χ1) is 11.2. The van der Waals surface area contributed by atoms with Gasteiger partial charge >= 0.3 is 6.18 Å². The molecule has 2 aromatic rings. The van der Waals surface area contributed by atoms with Gasteiger partial charge in [-0.05, 0) is 31.2 Å². The summed E-state index contributed by atoms with van der Waals surface area (Å²) in [7, 11) is 0.